The predicted octanol–water partition coefficient (Wildman–Crippen LogP) is 6.33. The van der Waals surface area contributed by atoms with E-state index in [1.807, 2.05) is 60.4 Å². The van der Waals surface area contributed by atoms with E-state index >= 15 is 0 Å². The minimum absolute atomic E-state index is 0.000234. The van der Waals surface area contributed by atoms with Gasteiger partial charge in [-0.05, 0) is 37.1 Å². The molecule has 136 valence electrons. The molecule has 4 rings (SSSR count). The van der Waals surface area contributed by atoms with Crippen LogP contribution in [0.3, 0.4) is 0 Å². The van der Waals surface area contributed by atoms with Crippen LogP contribution in [0.25, 0.3) is 21.0 Å². The minimum atomic E-state index is -0.000234. The maximum atomic E-state index is 13.3. The zero-order chi connectivity index (χ0) is 19.0. The number of anilines is 1. The molecule has 0 spiro atoms. The molecular formula is C22H19ClN2OS. The summed E-state index contributed by atoms with van der Waals surface area (Å²) in [5.41, 5.74) is 2.98. The van der Waals surface area contributed by atoms with Crippen LogP contribution in [0.2, 0.25) is 5.15 Å². The van der Waals surface area contributed by atoms with Gasteiger partial charge in [-0.25, -0.2) is 4.98 Å². The number of pyridine rings is 1. The smallest absolute Gasteiger partial charge is 0.268 e. The number of benzene rings is 2. The van der Waals surface area contributed by atoms with Crippen molar-refractivity contribution in [3.8, 4) is 0 Å². The molecule has 0 radical (unpaired) electrons. The Morgan fingerprint density at radius 3 is 2.59 bits per heavy atom. The molecule has 2 heterocycles. The Kier molecular flexibility index (Phi) is 4.85. The number of rotatable bonds is 4. The number of fused-ring (bicyclic) bond motifs is 3. The van der Waals surface area contributed by atoms with E-state index in [0.29, 0.717) is 16.6 Å². The lowest BCUT2D eigenvalue weighted by Gasteiger charge is -2.23. The van der Waals surface area contributed by atoms with Crippen LogP contribution in [0.15, 0.2) is 54.6 Å². The molecule has 2 aromatic heterocycles. The van der Waals surface area contributed by atoms with Crippen LogP contribution < -0.4 is 4.90 Å². The SMILES string of the molecule is CCc1ccccc1N(CC)C(=O)c1cc2c(Cl)nc3ccccc3c2s1. The number of hydrogen-bond donors (Lipinski definition) is 0. The van der Waals surface area contributed by atoms with Gasteiger partial charge in [-0.15, -0.1) is 11.3 Å². The highest BCUT2D eigenvalue weighted by Gasteiger charge is 2.22. The van der Waals surface area contributed by atoms with E-state index in [2.05, 4.69) is 18.0 Å². The molecule has 0 saturated heterocycles. The van der Waals surface area contributed by atoms with Crippen LogP contribution in [0.4, 0.5) is 5.69 Å². The summed E-state index contributed by atoms with van der Waals surface area (Å²) >= 11 is 7.89. The Balaban J connectivity index is 1.84. The van der Waals surface area contributed by atoms with Gasteiger partial charge in [-0.1, -0.05) is 54.9 Å². The van der Waals surface area contributed by atoms with Crippen molar-refractivity contribution in [3.05, 3.63) is 70.2 Å². The third-order valence-electron chi connectivity index (χ3n) is 4.76. The molecule has 0 bridgehead atoms. The zero-order valence-electron chi connectivity index (χ0n) is 15.2. The number of aromatic nitrogens is 1. The van der Waals surface area contributed by atoms with E-state index < -0.39 is 0 Å². The first-order chi connectivity index (χ1) is 13.1. The maximum absolute atomic E-state index is 13.3. The van der Waals surface area contributed by atoms with Crippen molar-refractivity contribution >= 4 is 55.5 Å². The van der Waals surface area contributed by atoms with Gasteiger partial charge < -0.3 is 4.90 Å². The summed E-state index contributed by atoms with van der Waals surface area (Å²) in [4.78, 5) is 20.3. The predicted molar refractivity (Wildman–Crippen MR) is 115 cm³/mol. The van der Waals surface area contributed by atoms with Crippen molar-refractivity contribution in [1.29, 1.82) is 0 Å². The van der Waals surface area contributed by atoms with Crippen molar-refractivity contribution in [2.75, 3.05) is 11.4 Å². The molecule has 5 heteroatoms. The number of para-hydroxylation sites is 2. The normalized spacial score (nSPS) is 11.2. The van der Waals surface area contributed by atoms with Crippen LogP contribution in [-0.4, -0.2) is 17.4 Å². The zero-order valence-corrected chi connectivity index (χ0v) is 16.8. The average Bonchev–Trinajstić information content (AvgIpc) is 3.15. The summed E-state index contributed by atoms with van der Waals surface area (Å²) in [5, 5.41) is 2.30. The van der Waals surface area contributed by atoms with E-state index in [9.17, 15) is 4.79 Å². The molecule has 2 aromatic carbocycles. The lowest BCUT2D eigenvalue weighted by molar-refractivity contribution is 0.0992. The molecule has 0 aliphatic carbocycles. The summed E-state index contributed by atoms with van der Waals surface area (Å²) in [5.74, 6) is -0.000234. The lowest BCUT2D eigenvalue weighted by Crippen LogP contribution is -2.30. The Labute approximate surface area is 167 Å². The molecule has 1 amide bonds. The molecular weight excluding hydrogens is 376 g/mol. The van der Waals surface area contributed by atoms with Gasteiger partial charge in [0.15, 0.2) is 0 Å². The highest BCUT2D eigenvalue weighted by Crippen LogP contribution is 2.36. The molecule has 0 fully saturated rings. The second kappa shape index (κ2) is 7.29. The standard InChI is InChI=1S/C22H19ClN2OS/c1-3-14-9-5-8-12-18(14)25(4-2)22(26)19-13-16-20(27-19)15-10-6-7-11-17(15)24-21(16)23/h5-13H,3-4H2,1-2H3. The van der Waals surface area contributed by atoms with Gasteiger partial charge in [0.05, 0.1) is 10.4 Å². The molecule has 4 aromatic rings. The first-order valence-corrected chi connectivity index (χ1v) is 10.2. The molecule has 0 aliphatic rings. The van der Waals surface area contributed by atoms with Gasteiger partial charge in [-0.2, -0.15) is 0 Å². The number of carbonyl (C=O) groups is 1. The first-order valence-electron chi connectivity index (χ1n) is 9.01. The van der Waals surface area contributed by atoms with Crippen LogP contribution in [0.1, 0.15) is 29.1 Å². The van der Waals surface area contributed by atoms with Crippen LogP contribution in [0.5, 0.6) is 0 Å². The quantitative estimate of drug-likeness (QED) is 0.379. The highest BCUT2D eigenvalue weighted by molar-refractivity contribution is 7.22. The summed E-state index contributed by atoms with van der Waals surface area (Å²) < 4.78 is 1.01. The van der Waals surface area contributed by atoms with Gasteiger partial charge in [0, 0.05) is 27.7 Å². The third-order valence-corrected chi connectivity index (χ3v) is 6.20. The molecule has 0 N–H and O–H groups in total. The van der Waals surface area contributed by atoms with Crippen LogP contribution in [0, 0.1) is 0 Å². The minimum Gasteiger partial charge on any atom is -0.308 e. The average molecular weight is 395 g/mol. The summed E-state index contributed by atoms with van der Waals surface area (Å²) in [6.45, 7) is 4.71. The summed E-state index contributed by atoms with van der Waals surface area (Å²) in [6, 6.07) is 17.8. The largest absolute Gasteiger partial charge is 0.308 e. The summed E-state index contributed by atoms with van der Waals surface area (Å²) in [7, 11) is 0. The maximum Gasteiger partial charge on any atom is 0.268 e. The second-order valence-corrected chi connectivity index (χ2v) is 7.72. The van der Waals surface area contributed by atoms with Gasteiger partial charge in [0.1, 0.15) is 5.15 Å². The Bertz CT molecular complexity index is 1150. The molecule has 0 saturated carbocycles. The fourth-order valence-electron chi connectivity index (χ4n) is 3.41. The van der Waals surface area contributed by atoms with Crippen molar-refractivity contribution in [1.82, 2.24) is 4.98 Å². The topological polar surface area (TPSA) is 33.2 Å². The third kappa shape index (κ3) is 3.09. The number of hydrogen-bond acceptors (Lipinski definition) is 3. The molecule has 0 aliphatic heterocycles. The van der Waals surface area contributed by atoms with Gasteiger partial charge in [0.25, 0.3) is 5.91 Å². The molecule has 0 unspecified atom stereocenters. The second-order valence-electron chi connectivity index (χ2n) is 6.30. The number of carbonyl (C=O) groups excluding carboxylic acids is 1. The van der Waals surface area contributed by atoms with E-state index in [4.69, 9.17) is 11.6 Å². The van der Waals surface area contributed by atoms with Gasteiger partial charge >= 0.3 is 0 Å². The van der Waals surface area contributed by atoms with Crippen molar-refractivity contribution < 1.29 is 4.79 Å². The van der Waals surface area contributed by atoms with E-state index in [1.165, 1.54) is 16.9 Å². The number of nitrogens with zero attached hydrogens (tertiary/aromatic N) is 2. The Hall–Kier alpha value is -2.43. The summed E-state index contributed by atoms with van der Waals surface area (Å²) in [6.07, 6.45) is 0.882. The van der Waals surface area contributed by atoms with Crippen molar-refractivity contribution in [2.45, 2.75) is 20.3 Å². The van der Waals surface area contributed by atoms with E-state index in [-0.39, 0.29) is 5.91 Å². The monoisotopic (exact) mass is 394 g/mol. The van der Waals surface area contributed by atoms with Crippen molar-refractivity contribution in [2.24, 2.45) is 0 Å². The van der Waals surface area contributed by atoms with E-state index in [0.717, 1.165) is 33.1 Å². The molecule has 27 heavy (non-hydrogen) atoms. The van der Waals surface area contributed by atoms with Crippen LogP contribution >= 0.6 is 22.9 Å². The van der Waals surface area contributed by atoms with E-state index in [1.54, 1.807) is 0 Å². The van der Waals surface area contributed by atoms with Gasteiger partial charge in [-0.3, -0.25) is 4.79 Å². The number of aryl methyl sites for hydroxylation is 1. The molecule has 3 nitrogen and oxygen atoms in total. The number of thiophene rings is 1. The fourth-order valence-corrected chi connectivity index (χ4v) is 4.85. The number of amides is 1. The molecule has 0 atom stereocenters. The highest BCUT2D eigenvalue weighted by atomic mass is 35.5. The Morgan fingerprint density at radius 2 is 1.81 bits per heavy atom. The first kappa shape index (κ1) is 18.0. The fraction of sp³-hybridized carbons (Fsp3) is 0.182. The number of halogens is 1. The Morgan fingerprint density at radius 1 is 1.07 bits per heavy atom. The van der Waals surface area contributed by atoms with Crippen LogP contribution in [-0.2, 0) is 6.42 Å². The van der Waals surface area contributed by atoms with Gasteiger partial charge in [0.2, 0.25) is 0 Å². The lowest BCUT2D eigenvalue weighted by atomic mass is 10.1. The van der Waals surface area contributed by atoms with Crippen molar-refractivity contribution in [3.63, 3.8) is 0 Å².